The molecule has 0 N–H and O–H groups in total. The van der Waals surface area contributed by atoms with Crippen LogP contribution in [0.4, 0.5) is 13.2 Å². The summed E-state index contributed by atoms with van der Waals surface area (Å²) in [6.07, 6.45) is -3.37. The zero-order valence-electron chi connectivity index (χ0n) is 29.5. The molecule has 0 aliphatic heterocycles. The zero-order valence-corrected chi connectivity index (χ0v) is 31.9. The van der Waals surface area contributed by atoms with Gasteiger partial charge in [0.25, 0.3) is 10.0 Å². The van der Waals surface area contributed by atoms with Crippen LogP contribution in [0.5, 0.6) is 11.5 Å². The maximum Gasteiger partial charge on any atom is 0.422 e. The van der Waals surface area contributed by atoms with Gasteiger partial charge in [-0.25, -0.2) is 25.8 Å². The summed E-state index contributed by atoms with van der Waals surface area (Å²) in [6, 6.07) is 19.1. The number of nitrogens with zero attached hydrogens (tertiary/aromatic N) is 3. The molecule has 288 valence electrons. The van der Waals surface area contributed by atoms with Crippen LogP contribution in [0.2, 0.25) is 0 Å². The van der Waals surface area contributed by atoms with E-state index in [9.17, 15) is 39.0 Å². The third-order valence-corrected chi connectivity index (χ3v) is 12.8. The van der Waals surface area contributed by atoms with Gasteiger partial charge in [-0.3, -0.25) is 14.0 Å². The number of ether oxygens (including phenoxy) is 3. The predicted octanol–water partition coefficient (Wildman–Crippen LogP) is 5.96. The van der Waals surface area contributed by atoms with Crippen LogP contribution in [0, 0.1) is 19.3 Å². The summed E-state index contributed by atoms with van der Waals surface area (Å²) in [7, 11) is -10.3. The van der Waals surface area contributed by atoms with Crippen molar-refractivity contribution < 1.29 is 53.2 Å². The highest BCUT2D eigenvalue weighted by molar-refractivity contribution is 7.91. The van der Waals surface area contributed by atoms with Gasteiger partial charge in [0.1, 0.15) is 24.7 Å². The number of hydrogen-bond donors (Lipinski definition) is 0. The molecule has 0 saturated carbocycles. The summed E-state index contributed by atoms with van der Waals surface area (Å²) < 4.78 is 122. The highest BCUT2D eigenvalue weighted by Crippen LogP contribution is 2.30. The minimum atomic E-state index is -4.58. The lowest BCUT2D eigenvalue weighted by Crippen LogP contribution is -2.34. The number of aromatic nitrogens is 3. The van der Waals surface area contributed by atoms with Crippen molar-refractivity contribution in [1.82, 2.24) is 13.9 Å². The lowest BCUT2D eigenvalue weighted by atomic mass is 9.95. The fraction of sp³-hybridized carbons (Fsp3) is 0.306. The molecule has 0 bridgehead atoms. The molecule has 18 heteroatoms. The van der Waals surface area contributed by atoms with Crippen LogP contribution in [0.1, 0.15) is 30.7 Å². The fourth-order valence-corrected chi connectivity index (χ4v) is 9.14. The summed E-state index contributed by atoms with van der Waals surface area (Å²) >= 11 is 0. The number of sulfone groups is 1. The maximum absolute atomic E-state index is 14.1. The molecular formula is C36H36F3N3O9S3. The molecule has 0 spiro atoms. The first kappa shape index (κ1) is 40.4. The van der Waals surface area contributed by atoms with Crippen LogP contribution in [-0.4, -0.2) is 72.7 Å². The van der Waals surface area contributed by atoms with Gasteiger partial charge in [0.2, 0.25) is 5.16 Å². The normalized spacial score (nSPS) is 13.1. The Morgan fingerprint density at radius 1 is 0.852 bits per heavy atom. The second kappa shape index (κ2) is 15.9. The number of esters is 1. The molecule has 54 heavy (non-hydrogen) atoms. The second-order valence-corrected chi connectivity index (χ2v) is 18.1. The molecule has 5 aromatic rings. The molecule has 0 aliphatic carbocycles. The van der Waals surface area contributed by atoms with Gasteiger partial charge in [-0.2, -0.15) is 13.2 Å². The summed E-state index contributed by atoms with van der Waals surface area (Å²) in [5.41, 5.74) is 0.410. The average molecular weight is 808 g/mol. The number of pyridine rings is 1. The Bertz CT molecular complexity index is 2400. The Kier molecular flexibility index (Phi) is 11.9. The number of carbonyl (C=O) groups is 1. The minimum absolute atomic E-state index is 0.109. The number of alkyl halides is 3. The van der Waals surface area contributed by atoms with E-state index in [1.807, 2.05) is 6.92 Å². The van der Waals surface area contributed by atoms with Gasteiger partial charge in [-0.05, 0) is 82.3 Å². The summed E-state index contributed by atoms with van der Waals surface area (Å²) in [4.78, 5) is 21.2. The lowest BCUT2D eigenvalue weighted by molar-refractivity contribution is -0.155. The van der Waals surface area contributed by atoms with E-state index in [1.54, 1.807) is 44.2 Å². The van der Waals surface area contributed by atoms with Crippen LogP contribution in [-0.2, 0) is 45.9 Å². The zero-order chi connectivity index (χ0) is 39.5. The van der Waals surface area contributed by atoms with E-state index in [1.165, 1.54) is 61.7 Å². The number of hydrogen-bond acceptors (Lipinski definition) is 11. The number of halogens is 3. The maximum atomic E-state index is 14.1. The molecule has 0 fully saturated rings. The van der Waals surface area contributed by atoms with E-state index in [0.29, 0.717) is 0 Å². The van der Waals surface area contributed by atoms with Gasteiger partial charge in [0, 0.05) is 11.8 Å². The largest absolute Gasteiger partial charge is 0.492 e. The molecule has 2 heterocycles. The molecule has 3 aromatic carbocycles. The number of aryl methyl sites for hydroxylation is 1. The Balaban J connectivity index is 1.28. The number of fused-ring (bicyclic) bond motifs is 1. The van der Waals surface area contributed by atoms with E-state index < -0.39 is 60.6 Å². The fourth-order valence-electron chi connectivity index (χ4n) is 5.01. The molecule has 0 saturated heterocycles. The van der Waals surface area contributed by atoms with Crippen molar-refractivity contribution >= 4 is 47.7 Å². The van der Waals surface area contributed by atoms with Crippen LogP contribution in [0.15, 0.2) is 100 Å². The monoisotopic (exact) mass is 807 g/mol. The molecular weight excluding hydrogens is 772 g/mol. The molecule has 0 radical (unpaired) electrons. The van der Waals surface area contributed by atoms with Gasteiger partial charge < -0.3 is 14.2 Å². The number of carbonyl (C=O) groups excluding carboxylic acids is 1. The standard InChI is InChI=1S/C36H36F3N3O9S3/c1-24-9-13-27(14-10-24)53(45,46)20-19-49-33(43)35(3,4)22-50-26-11-15-28(16-12-26)54(47,48)42-31-8-6-5-7-29(31)41-34(42)52(44)21-30-25(2)32(17-18-40-30)51-23-36(37,38)39/h5-18H,19-23H2,1-4H3. The lowest BCUT2D eigenvalue weighted by Gasteiger charge is -2.23. The summed E-state index contributed by atoms with van der Waals surface area (Å²) in [5.74, 6) is -1.37. The third kappa shape index (κ3) is 9.46. The van der Waals surface area contributed by atoms with E-state index in [2.05, 4.69) is 9.97 Å². The van der Waals surface area contributed by atoms with Crippen molar-refractivity contribution in [2.45, 2.75) is 54.6 Å². The van der Waals surface area contributed by atoms with Gasteiger partial charge in [0.15, 0.2) is 16.4 Å². The number of para-hydroxylation sites is 2. The Morgan fingerprint density at radius 3 is 2.17 bits per heavy atom. The first-order valence-corrected chi connectivity index (χ1v) is 20.6. The molecule has 2 aromatic heterocycles. The van der Waals surface area contributed by atoms with Gasteiger partial charge >= 0.3 is 12.1 Å². The second-order valence-electron chi connectivity index (χ2n) is 12.8. The van der Waals surface area contributed by atoms with Crippen molar-refractivity contribution in [3.63, 3.8) is 0 Å². The first-order valence-electron chi connectivity index (χ1n) is 16.2. The van der Waals surface area contributed by atoms with Crippen LogP contribution in [0.25, 0.3) is 11.0 Å². The minimum Gasteiger partial charge on any atom is -0.492 e. The van der Waals surface area contributed by atoms with Crippen LogP contribution in [0.3, 0.4) is 0 Å². The highest BCUT2D eigenvalue weighted by Gasteiger charge is 2.32. The van der Waals surface area contributed by atoms with Crippen molar-refractivity contribution in [2.75, 3.05) is 25.6 Å². The number of imidazole rings is 1. The van der Waals surface area contributed by atoms with E-state index in [0.717, 1.165) is 9.54 Å². The Labute approximate surface area is 312 Å². The smallest absolute Gasteiger partial charge is 0.422 e. The van der Waals surface area contributed by atoms with Crippen LogP contribution >= 0.6 is 0 Å². The van der Waals surface area contributed by atoms with E-state index in [-0.39, 0.29) is 67.7 Å². The van der Waals surface area contributed by atoms with Crippen molar-refractivity contribution in [2.24, 2.45) is 5.41 Å². The van der Waals surface area contributed by atoms with Gasteiger partial charge in [-0.15, -0.1) is 0 Å². The highest BCUT2D eigenvalue weighted by atomic mass is 32.2. The molecule has 1 atom stereocenters. The van der Waals surface area contributed by atoms with Crippen molar-refractivity contribution in [1.29, 1.82) is 0 Å². The summed E-state index contributed by atoms with van der Waals surface area (Å²) in [5, 5.41) is -0.328. The Morgan fingerprint density at radius 2 is 1.50 bits per heavy atom. The third-order valence-electron chi connectivity index (χ3n) is 8.09. The van der Waals surface area contributed by atoms with E-state index in [4.69, 9.17) is 14.2 Å². The van der Waals surface area contributed by atoms with Crippen molar-refractivity contribution in [3.05, 3.63) is 102 Å². The predicted molar refractivity (Wildman–Crippen MR) is 193 cm³/mol. The van der Waals surface area contributed by atoms with Gasteiger partial charge in [0.05, 0.1) is 54.2 Å². The molecule has 5 rings (SSSR count). The SMILES string of the molecule is Cc1ccc(S(=O)(=O)CCOC(=O)C(C)(C)COc2ccc(S(=O)(=O)n3c(S(=O)Cc4nccc(OCC(F)(F)F)c4C)nc4ccccc43)cc2)cc1. The summed E-state index contributed by atoms with van der Waals surface area (Å²) in [6.45, 7) is 4.31. The van der Waals surface area contributed by atoms with Gasteiger partial charge in [-0.1, -0.05) is 29.8 Å². The van der Waals surface area contributed by atoms with E-state index >= 15 is 0 Å². The first-order chi connectivity index (χ1) is 25.3. The molecule has 0 amide bonds. The van der Waals surface area contributed by atoms with Crippen molar-refractivity contribution in [3.8, 4) is 11.5 Å². The number of rotatable bonds is 15. The molecule has 12 nitrogen and oxygen atoms in total. The molecule has 0 aliphatic rings. The quantitative estimate of drug-likeness (QED) is 0.115. The topological polar surface area (TPSA) is 161 Å². The number of benzene rings is 3. The molecule has 1 unspecified atom stereocenters. The van der Waals surface area contributed by atoms with Crippen LogP contribution < -0.4 is 9.47 Å². The average Bonchev–Trinajstić information content (AvgIpc) is 3.52. The Hall–Kier alpha value is -4.81.